The van der Waals surface area contributed by atoms with Crippen LogP contribution in [0.15, 0.2) is 28.7 Å². The van der Waals surface area contributed by atoms with E-state index in [1.165, 1.54) is 22.2 Å². The van der Waals surface area contributed by atoms with Gasteiger partial charge in [0.1, 0.15) is 0 Å². The summed E-state index contributed by atoms with van der Waals surface area (Å²) >= 11 is 5.56. The Morgan fingerprint density at radius 1 is 1.36 bits per heavy atom. The van der Waals surface area contributed by atoms with Crippen molar-refractivity contribution in [2.75, 3.05) is 11.5 Å². The number of hydrogen-bond donors (Lipinski definition) is 1. The number of thioether (sulfide) groups is 1. The maximum Gasteiger partial charge on any atom is 0.0210 e. The molecule has 1 saturated heterocycles. The van der Waals surface area contributed by atoms with E-state index in [4.69, 9.17) is 5.73 Å². The number of nitrogens with two attached hydrogens (primary N) is 1. The van der Waals surface area contributed by atoms with E-state index in [1.54, 1.807) is 0 Å². The zero-order valence-corrected chi connectivity index (χ0v) is 10.4. The molecule has 1 aromatic carbocycles. The molecule has 3 heteroatoms. The molecule has 0 amide bonds. The highest BCUT2D eigenvalue weighted by atomic mass is 79.9. The van der Waals surface area contributed by atoms with Gasteiger partial charge in [-0.1, -0.05) is 34.1 Å². The van der Waals surface area contributed by atoms with E-state index in [0.29, 0.717) is 12.0 Å². The van der Waals surface area contributed by atoms with Crippen molar-refractivity contribution in [1.82, 2.24) is 0 Å². The van der Waals surface area contributed by atoms with Crippen molar-refractivity contribution in [3.05, 3.63) is 34.3 Å². The molecular weight excluding hydrogens is 258 g/mol. The first-order valence-electron chi connectivity index (χ1n) is 4.87. The Balaban J connectivity index is 2.25. The fourth-order valence-electron chi connectivity index (χ4n) is 1.92. The van der Waals surface area contributed by atoms with Crippen LogP contribution < -0.4 is 5.73 Å². The lowest BCUT2D eigenvalue weighted by molar-refractivity contribution is 0.547. The third kappa shape index (κ3) is 2.15. The Hall–Kier alpha value is 0.01000. The molecule has 1 fully saturated rings. The second-order valence-electron chi connectivity index (χ2n) is 3.66. The Bertz CT molecular complexity index is 316. The molecule has 0 aliphatic carbocycles. The maximum atomic E-state index is 6.14. The fourth-order valence-corrected chi connectivity index (χ4v) is 3.59. The average molecular weight is 272 g/mol. The van der Waals surface area contributed by atoms with Crippen LogP contribution >= 0.6 is 27.7 Å². The van der Waals surface area contributed by atoms with Gasteiger partial charge in [-0.05, 0) is 23.8 Å². The molecule has 2 atom stereocenters. The van der Waals surface area contributed by atoms with Crippen molar-refractivity contribution in [1.29, 1.82) is 0 Å². The summed E-state index contributed by atoms with van der Waals surface area (Å²) in [6, 6.07) is 8.74. The molecule has 0 bridgehead atoms. The molecule has 1 nitrogen and oxygen atoms in total. The average Bonchev–Trinajstić information content (AvgIpc) is 2.20. The van der Waals surface area contributed by atoms with Gasteiger partial charge in [0.2, 0.25) is 0 Å². The minimum Gasteiger partial charge on any atom is -0.326 e. The molecule has 76 valence electrons. The molecule has 1 aliphatic rings. The first kappa shape index (κ1) is 10.5. The van der Waals surface area contributed by atoms with Gasteiger partial charge in [-0.25, -0.2) is 0 Å². The van der Waals surface area contributed by atoms with Crippen LogP contribution in [-0.2, 0) is 0 Å². The molecule has 14 heavy (non-hydrogen) atoms. The van der Waals surface area contributed by atoms with Crippen molar-refractivity contribution >= 4 is 27.7 Å². The van der Waals surface area contributed by atoms with Crippen molar-refractivity contribution in [2.24, 2.45) is 5.73 Å². The van der Waals surface area contributed by atoms with Crippen LogP contribution in [0, 0.1) is 0 Å². The van der Waals surface area contributed by atoms with Gasteiger partial charge in [0.15, 0.2) is 0 Å². The molecular formula is C11H14BrNS. The quantitative estimate of drug-likeness (QED) is 0.850. The van der Waals surface area contributed by atoms with Crippen LogP contribution in [0.2, 0.25) is 0 Å². The topological polar surface area (TPSA) is 26.0 Å². The summed E-state index contributed by atoms with van der Waals surface area (Å²) in [6.07, 6.45) is 1.20. The molecule has 0 aromatic heterocycles. The highest BCUT2D eigenvalue weighted by molar-refractivity contribution is 9.10. The molecule has 0 saturated carbocycles. The smallest absolute Gasteiger partial charge is 0.0210 e. The van der Waals surface area contributed by atoms with Crippen molar-refractivity contribution in [3.8, 4) is 0 Å². The van der Waals surface area contributed by atoms with Gasteiger partial charge in [-0.2, -0.15) is 11.8 Å². The van der Waals surface area contributed by atoms with Gasteiger partial charge in [0.05, 0.1) is 0 Å². The molecule has 1 aromatic rings. The van der Waals surface area contributed by atoms with Crippen LogP contribution in [0.1, 0.15) is 17.9 Å². The molecule has 2 unspecified atom stereocenters. The SMILES string of the molecule is NC1CSCCC1c1ccccc1Br. The summed E-state index contributed by atoms with van der Waals surface area (Å²) in [6.45, 7) is 0. The fraction of sp³-hybridized carbons (Fsp3) is 0.455. The third-order valence-electron chi connectivity index (χ3n) is 2.71. The number of halogens is 1. The summed E-state index contributed by atoms with van der Waals surface area (Å²) in [5.74, 6) is 2.86. The summed E-state index contributed by atoms with van der Waals surface area (Å²) in [5.41, 5.74) is 7.51. The van der Waals surface area contributed by atoms with E-state index in [9.17, 15) is 0 Å². The van der Waals surface area contributed by atoms with Gasteiger partial charge < -0.3 is 5.73 Å². The monoisotopic (exact) mass is 271 g/mol. The van der Waals surface area contributed by atoms with Crippen LogP contribution in [0.3, 0.4) is 0 Å². The summed E-state index contributed by atoms with van der Waals surface area (Å²) in [5, 5.41) is 0. The Morgan fingerprint density at radius 3 is 2.86 bits per heavy atom. The lowest BCUT2D eigenvalue weighted by Gasteiger charge is -2.29. The van der Waals surface area contributed by atoms with Gasteiger partial charge in [-0.3, -0.25) is 0 Å². The minimum atomic E-state index is 0.312. The number of hydrogen-bond acceptors (Lipinski definition) is 2. The Morgan fingerprint density at radius 2 is 2.14 bits per heavy atom. The normalized spacial score (nSPS) is 27.6. The van der Waals surface area contributed by atoms with E-state index >= 15 is 0 Å². The lowest BCUT2D eigenvalue weighted by atomic mass is 9.90. The van der Waals surface area contributed by atoms with Crippen LogP contribution in [0.25, 0.3) is 0 Å². The van der Waals surface area contributed by atoms with Gasteiger partial charge >= 0.3 is 0 Å². The maximum absolute atomic E-state index is 6.14. The van der Waals surface area contributed by atoms with E-state index in [0.717, 1.165) is 5.75 Å². The molecule has 0 spiro atoms. The second kappa shape index (κ2) is 4.69. The molecule has 0 radical (unpaired) electrons. The van der Waals surface area contributed by atoms with E-state index < -0.39 is 0 Å². The second-order valence-corrected chi connectivity index (χ2v) is 5.66. The van der Waals surface area contributed by atoms with E-state index in [1.807, 2.05) is 11.8 Å². The number of rotatable bonds is 1. The van der Waals surface area contributed by atoms with Gasteiger partial charge in [0, 0.05) is 22.2 Å². The largest absolute Gasteiger partial charge is 0.326 e. The molecule has 2 rings (SSSR count). The zero-order chi connectivity index (χ0) is 9.97. The lowest BCUT2D eigenvalue weighted by Crippen LogP contribution is -2.34. The Labute approximate surface area is 97.6 Å². The summed E-state index contributed by atoms with van der Waals surface area (Å²) < 4.78 is 1.20. The predicted octanol–water partition coefficient (Wildman–Crippen LogP) is 3.00. The van der Waals surface area contributed by atoms with Crippen LogP contribution in [0.5, 0.6) is 0 Å². The third-order valence-corrected chi connectivity index (χ3v) is 4.57. The van der Waals surface area contributed by atoms with E-state index in [-0.39, 0.29) is 0 Å². The van der Waals surface area contributed by atoms with Crippen LogP contribution in [-0.4, -0.2) is 17.5 Å². The van der Waals surface area contributed by atoms with Gasteiger partial charge in [-0.15, -0.1) is 0 Å². The highest BCUT2D eigenvalue weighted by Crippen LogP contribution is 2.34. The molecule has 2 N–H and O–H groups in total. The number of benzene rings is 1. The first-order chi connectivity index (χ1) is 6.79. The first-order valence-corrected chi connectivity index (χ1v) is 6.81. The van der Waals surface area contributed by atoms with Crippen molar-refractivity contribution < 1.29 is 0 Å². The highest BCUT2D eigenvalue weighted by Gasteiger charge is 2.24. The predicted molar refractivity (Wildman–Crippen MR) is 66.8 cm³/mol. The standard InChI is InChI=1S/C11H14BrNS/c12-10-4-2-1-3-8(10)9-5-6-14-7-11(9)13/h1-4,9,11H,5-7,13H2. The summed E-state index contributed by atoms with van der Waals surface area (Å²) in [4.78, 5) is 0. The minimum absolute atomic E-state index is 0.312. The van der Waals surface area contributed by atoms with Crippen molar-refractivity contribution in [2.45, 2.75) is 18.4 Å². The van der Waals surface area contributed by atoms with Crippen LogP contribution in [0.4, 0.5) is 0 Å². The summed E-state index contributed by atoms with van der Waals surface area (Å²) in [7, 11) is 0. The Kier molecular flexibility index (Phi) is 3.52. The zero-order valence-electron chi connectivity index (χ0n) is 7.95. The molecule has 1 aliphatic heterocycles. The van der Waals surface area contributed by atoms with E-state index in [2.05, 4.69) is 40.2 Å². The van der Waals surface area contributed by atoms with Gasteiger partial charge in [0.25, 0.3) is 0 Å². The molecule has 1 heterocycles. The van der Waals surface area contributed by atoms with Crippen molar-refractivity contribution in [3.63, 3.8) is 0 Å².